The third kappa shape index (κ3) is 5.43. The van der Waals surface area contributed by atoms with Crippen molar-refractivity contribution in [2.45, 2.75) is 44.8 Å². The smallest absolute Gasteiger partial charge is 0.254 e. The van der Waals surface area contributed by atoms with E-state index in [1.54, 1.807) is 11.0 Å². The number of thiocarbonyl (C=S) groups is 1. The second kappa shape index (κ2) is 9.82. The molecule has 0 radical (unpaired) electrons. The van der Waals surface area contributed by atoms with Crippen LogP contribution in [0, 0.1) is 18.7 Å². The SMILES string of the molecule is Cc1cc(F)ccc1N1CCC(CNC(=S)[C@H](O)[C@@H](O)C(=O)N2CCCC2)CC1. The van der Waals surface area contributed by atoms with Crippen LogP contribution in [0.2, 0.25) is 0 Å². The van der Waals surface area contributed by atoms with Gasteiger partial charge < -0.3 is 25.3 Å². The first kappa shape index (κ1) is 21.9. The van der Waals surface area contributed by atoms with E-state index in [9.17, 15) is 19.4 Å². The van der Waals surface area contributed by atoms with Gasteiger partial charge in [0.05, 0.1) is 0 Å². The molecule has 1 amide bonds. The maximum atomic E-state index is 13.3. The number of aliphatic hydroxyl groups excluding tert-OH is 2. The lowest BCUT2D eigenvalue weighted by molar-refractivity contribution is -0.142. The zero-order valence-corrected chi connectivity index (χ0v) is 17.6. The lowest BCUT2D eigenvalue weighted by Crippen LogP contribution is -2.50. The average molecular weight is 424 g/mol. The summed E-state index contributed by atoms with van der Waals surface area (Å²) < 4.78 is 13.3. The number of benzene rings is 1. The summed E-state index contributed by atoms with van der Waals surface area (Å²) in [6, 6.07) is 4.87. The highest BCUT2D eigenvalue weighted by molar-refractivity contribution is 7.80. The number of piperidine rings is 1. The lowest BCUT2D eigenvalue weighted by Gasteiger charge is -2.35. The molecule has 1 aromatic carbocycles. The number of hydrogen-bond donors (Lipinski definition) is 3. The summed E-state index contributed by atoms with van der Waals surface area (Å²) in [4.78, 5) is 16.2. The summed E-state index contributed by atoms with van der Waals surface area (Å²) in [5, 5.41) is 23.4. The van der Waals surface area contributed by atoms with Crippen molar-refractivity contribution in [1.29, 1.82) is 0 Å². The van der Waals surface area contributed by atoms with Crippen molar-refractivity contribution in [3.8, 4) is 0 Å². The van der Waals surface area contributed by atoms with Crippen LogP contribution in [0.4, 0.5) is 10.1 Å². The second-order valence-corrected chi connectivity index (χ2v) is 8.47. The molecule has 29 heavy (non-hydrogen) atoms. The second-order valence-electron chi connectivity index (χ2n) is 8.03. The van der Waals surface area contributed by atoms with Gasteiger partial charge in [-0.2, -0.15) is 0 Å². The number of carbonyl (C=O) groups excluding carboxylic acids is 1. The van der Waals surface area contributed by atoms with E-state index < -0.39 is 18.1 Å². The molecule has 2 aliphatic rings. The lowest BCUT2D eigenvalue weighted by atomic mass is 9.95. The van der Waals surface area contributed by atoms with Gasteiger partial charge in [0.25, 0.3) is 5.91 Å². The van der Waals surface area contributed by atoms with E-state index in [0.717, 1.165) is 50.0 Å². The number of aryl methyl sites for hydroxylation is 1. The average Bonchev–Trinajstić information content (AvgIpc) is 3.26. The van der Waals surface area contributed by atoms with Crippen molar-refractivity contribution < 1.29 is 19.4 Å². The zero-order chi connectivity index (χ0) is 21.0. The van der Waals surface area contributed by atoms with Gasteiger partial charge >= 0.3 is 0 Å². The zero-order valence-electron chi connectivity index (χ0n) is 16.8. The monoisotopic (exact) mass is 423 g/mol. The van der Waals surface area contributed by atoms with Crippen LogP contribution in [0.3, 0.4) is 0 Å². The van der Waals surface area contributed by atoms with Crippen molar-refractivity contribution in [2.24, 2.45) is 5.92 Å². The Kier molecular flexibility index (Phi) is 7.43. The Hall–Kier alpha value is -1.77. The molecule has 2 fully saturated rings. The molecule has 0 bridgehead atoms. The van der Waals surface area contributed by atoms with Gasteiger partial charge in [0, 0.05) is 38.4 Å². The molecule has 0 aromatic heterocycles. The fourth-order valence-electron chi connectivity index (χ4n) is 4.10. The summed E-state index contributed by atoms with van der Waals surface area (Å²) >= 11 is 5.21. The van der Waals surface area contributed by atoms with Crippen molar-refractivity contribution in [3.05, 3.63) is 29.6 Å². The summed E-state index contributed by atoms with van der Waals surface area (Å²) in [5.41, 5.74) is 2.00. The van der Waals surface area contributed by atoms with Gasteiger partial charge in [0.2, 0.25) is 0 Å². The van der Waals surface area contributed by atoms with Crippen LogP contribution < -0.4 is 10.2 Å². The Labute approximate surface area is 176 Å². The van der Waals surface area contributed by atoms with E-state index in [-0.39, 0.29) is 10.8 Å². The molecule has 0 saturated carbocycles. The van der Waals surface area contributed by atoms with E-state index >= 15 is 0 Å². The first-order valence-electron chi connectivity index (χ1n) is 10.3. The molecular weight excluding hydrogens is 393 g/mol. The van der Waals surface area contributed by atoms with E-state index in [1.807, 2.05) is 13.0 Å². The Morgan fingerprint density at radius 2 is 1.86 bits per heavy atom. The molecular formula is C21H30FN3O3S. The normalized spacial score (nSPS) is 19.9. The van der Waals surface area contributed by atoms with Crippen LogP contribution in [0.1, 0.15) is 31.2 Å². The van der Waals surface area contributed by atoms with E-state index in [1.165, 1.54) is 6.07 Å². The molecule has 0 aliphatic carbocycles. The maximum absolute atomic E-state index is 13.3. The number of carbonyl (C=O) groups is 1. The minimum absolute atomic E-state index is 0.113. The van der Waals surface area contributed by atoms with Gasteiger partial charge in [-0.3, -0.25) is 4.79 Å². The van der Waals surface area contributed by atoms with Crippen LogP contribution in [0.5, 0.6) is 0 Å². The van der Waals surface area contributed by atoms with E-state index in [4.69, 9.17) is 12.2 Å². The molecule has 3 rings (SSSR count). The first-order chi connectivity index (χ1) is 13.9. The Morgan fingerprint density at radius 1 is 1.21 bits per heavy atom. The molecule has 2 atom stereocenters. The molecule has 0 unspecified atom stereocenters. The van der Waals surface area contributed by atoms with Crippen LogP contribution >= 0.6 is 12.2 Å². The van der Waals surface area contributed by atoms with Gasteiger partial charge in [-0.15, -0.1) is 0 Å². The molecule has 6 nitrogen and oxygen atoms in total. The van der Waals surface area contributed by atoms with Crippen LogP contribution in [-0.4, -0.2) is 70.9 Å². The standard InChI is InChI=1S/C21H30FN3O3S/c1-14-12-16(22)4-5-17(14)24-10-6-15(7-11-24)13-23-20(29)18(26)19(27)21(28)25-8-2-3-9-25/h4-5,12,15,18-19,26-27H,2-3,6-11,13H2,1H3,(H,23,29)/t18-,19-/m1/s1. The number of halogens is 1. The number of nitrogens with zero attached hydrogens (tertiary/aromatic N) is 2. The summed E-state index contributed by atoms with van der Waals surface area (Å²) in [6.07, 6.45) is 0.826. The molecule has 2 aliphatic heterocycles. The highest BCUT2D eigenvalue weighted by Gasteiger charge is 2.32. The Morgan fingerprint density at radius 3 is 2.48 bits per heavy atom. The summed E-state index contributed by atoms with van der Waals surface area (Å²) in [7, 11) is 0. The number of rotatable bonds is 6. The highest BCUT2D eigenvalue weighted by atomic mass is 32.1. The number of amides is 1. The predicted molar refractivity (Wildman–Crippen MR) is 115 cm³/mol. The molecule has 3 N–H and O–H groups in total. The van der Waals surface area contributed by atoms with Gasteiger partial charge in [0.15, 0.2) is 6.10 Å². The van der Waals surface area contributed by atoms with E-state index in [0.29, 0.717) is 25.6 Å². The molecule has 2 saturated heterocycles. The van der Waals surface area contributed by atoms with Gasteiger partial charge in [-0.05, 0) is 62.3 Å². The van der Waals surface area contributed by atoms with Crippen LogP contribution in [-0.2, 0) is 4.79 Å². The number of nitrogens with one attached hydrogen (secondary N) is 1. The molecule has 1 aromatic rings. The van der Waals surface area contributed by atoms with Crippen LogP contribution in [0.15, 0.2) is 18.2 Å². The predicted octanol–water partition coefficient (Wildman–Crippen LogP) is 1.61. The number of anilines is 1. The van der Waals surface area contributed by atoms with Crippen LogP contribution in [0.25, 0.3) is 0 Å². The van der Waals surface area contributed by atoms with Gasteiger partial charge in [0.1, 0.15) is 16.9 Å². The molecule has 160 valence electrons. The molecule has 8 heteroatoms. The Bertz CT molecular complexity index is 734. The topological polar surface area (TPSA) is 76.0 Å². The number of hydrogen-bond acceptors (Lipinski definition) is 5. The molecule has 2 heterocycles. The third-order valence-corrected chi connectivity index (χ3v) is 6.30. The summed E-state index contributed by atoms with van der Waals surface area (Å²) in [5.74, 6) is -0.298. The van der Waals surface area contributed by atoms with Crippen molar-refractivity contribution in [1.82, 2.24) is 10.2 Å². The molecule has 0 spiro atoms. The fourth-order valence-corrected chi connectivity index (χ4v) is 4.32. The maximum Gasteiger partial charge on any atom is 0.254 e. The largest absolute Gasteiger partial charge is 0.383 e. The van der Waals surface area contributed by atoms with Gasteiger partial charge in [-0.1, -0.05) is 12.2 Å². The van der Waals surface area contributed by atoms with Crippen molar-refractivity contribution >= 4 is 28.8 Å². The first-order valence-corrected chi connectivity index (χ1v) is 10.7. The third-order valence-electron chi connectivity index (χ3n) is 5.92. The van der Waals surface area contributed by atoms with Crippen molar-refractivity contribution in [2.75, 3.05) is 37.6 Å². The summed E-state index contributed by atoms with van der Waals surface area (Å²) in [6.45, 7) is 5.48. The quantitative estimate of drug-likeness (QED) is 0.604. The highest BCUT2D eigenvalue weighted by Crippen LogP contribution is 2.26. The minimum Gasteiger partial charge on any atom is -0.383 e. The van der Waals surface area contributed by atoms with Gasteiger partial charge in [-0.25, -0.2) is 4.39 Å². The minimum atomic E-state index is -1.52. The number of likely N-dealkylation sites (tertiary alicyclic amines) is 1. The Balaban J connectivity index is 1.43. The van der Waals surface area contributed by atoms with Crippen molar-refractivity contribution in [3.63, 3.8) is 0 Å². The van der Waals surface area contributed by atoms with E-state index in [2.05, 4.69) is 10.2 Å². The number of aliphatic hydroxyl groups is 2. The fraction of sp³-hybridized carbons (Fsp3) is 0.619.